The third-order valence-electron chi connectivity index (χ3n) is 4.93. The van der Waals surface area contributed by atoms with Crippen molar-refractivity contribution < 1.29 is 29.2 Å². The number of hydrogen-bond acceptors (Lipinski definition) is 6. The first-order valence-corrected chi connectivity index (χ1v) is 8.19. The van der Waals surface area contributed by atoms with Crippen LogP contribution in [0, 0.1) is 13.8 Å². The number of ether oxygens (including phenoxy) is 4. The van der Waals surface area contributed by atoms with Crippen LogP contribution >= 0.6 is 0 Å². The Hall–Kier alpha value is -2.76. The summed E-state index contributed by atoms with van der Waals surface area (Å²) in [4.78, 5) is 0. The van der Waals surface area contributed by atoms with E-state index in [0.717, 1.165) is 11.1 Å². The minimum atomic E-state index is -0.340. The van der Waals surface area contributed by atoms with Gasteiger partial charge in [0, 0.05) is 28.3 Å². The van der Waals surface area contributed by atoms with Crippen LogP contribution in [-0.4, -0.2) is 24.1 Å². The Balaban J connectivity index is 1.76. The van der Waals surface area contributed by atoms with Crippen LogP contribution in [0.1, 0.15) is 34.8 Å². The van der Waals surface area contributed by atoms with Crippen LogP contribution in [0.4, 0.5) is 0 Å². The Morgan fingerprint density at radius 3 is 2.52 bits per heavy atom. The van der Waals surface area contributed by atoms with Crippen molar-refractivity contribution in [2.24, 2.45) is 0 Å². The monoisotopic (exact) mass is 344 g/mol. The van der Waals surface area contributed by atoms with E-state index in [2.05, 4.69) is 0 Å². The molecule has 0 radical (unpaired) electrons. The van der Waals surface area contributed by atoms with Gasteiger partial charge >= 0.3 is 0 Å². The fraction of sp³-hybridized carbons (Fsp3) is 0.368. The van der Waals surface area contributed by atoms with Crippen LogP contribution in [0.5, 0.6) is 34.5 Å². The quantitative estimate of drug-likeness (QED) is 0.868. The Kier molecular flexibility index (Phi) is 3.56. The lowest BCUT2D eigenvalue weighted by Gasteiger charge is -2.30. The molecule has 6 nitrogen and oxygen atoms in total. The molecule has 2 heterocycles. The Morgan fingerprint density at radius 1 is 1.08 bits per heavy atom. The molecule has 0 saturated carbocycles. The van der Waals surface area contributed by atoms with E-state index in [9.17, 15) is 10.2 Å². The molecule has 0 fully saturated rings. The van der Waals surface area contributed by atoms with Crippen LogP contribution in [-0.2, 0) is 6.42 Å². The van der Waals surface area contributed by atoms with Crippen molar-refractivity contribution in [2.75, 3.05) is 13.9 Å². The van der Waals surface area contributed by atoms with Crippen molar-refractivity contribution >= 4 is 0 Å². The highest BCUT2D eigenvalue weighted by atomic mass is 16.7. The van der Waals surface area contributed by atoms with Crippen LogP contribution in [0.2, 0.25) is 0 Å². The molecule has 1 atom stereocenters. The van der Waals surface area contributed by atoms with Gasteiger partial charge in [-0.1, -0.05) is 0 Å². The van der Waals surface area contributed by atoms with Gasteiger partial charge in [0.05, 0.1) is 7.11 Å². The van der Waals surface area contributed by atoms with Gasteiger partial charge in [0.1, 0.15) is 29.1 Å². The molecule has 0 bridgehead atoms. The van der Waals surface area contributed by atoms with Crippen molar-refractivity contribution in [1.82, 2.24) is 0 Å². The van der Waals surface area contributed by atoms with Gasteiger partial charge in [-0.15, -0.1) is 0 Å². The predicted molar refractivity (Wildman–Crippen MR) is 90.1 cm³/mol. The maximum atomic E-state index is 10.5. The van der Waals surface area contributed by atoms with Crippen molar-refractivity contribution in [3.8, 4) is 34.5 Å². The van der Waals surface area contributed by atoms with Crippen LogP contribution in [0.25, 0.3) is 0 Å². The number of rotatable bonds is 2. The molecule has 2 aromatic carbocycles. The maximum Gasteiger partial charge on any atom is 0.231 e. The van der Waals surface area contributed by atoms with Gasteiger partial charge in [-0.25, -0.2) is 0 Å². The highest BCUT2D eigenvalue weighted by Crippen LogP contribution is 2.49. The molecular formula is C19H20O6. The number of methoxy groups -OCH3 is 1. The minimum Gasteiger partial charge on any atom is -0.507 e. The molecule has 0 unspecified atom stereocenters. The van der Waals surface area contributed by atoms with Crippen molar-refractivity contribution in [3.63, 3.8) is 0 Å². The maximum absolute atomic E-state index is 10.5. The second kappa shape index (κ2) is 5.65. The number of aromatic hydroxyl groups is 2. The predicted octanol–water partition coefficient (Wildman–Crippen LogP) is 3.52. The second-order valence-corrected chi connectivity index (χ2v) is 6.35. The van der Waals surface area contributed by atoms with E-state index >= 15 is 0 Å². The molecule has 0 amide bonds. The van der Waals surface area contributed by atoms with E-state index in [1.807, 2.05) is 13.8 Å². The Bertz CT molecular complexity index is 858. The molecule has 132 valence electrons. The number of hydrogen-bond donors (Lipinski definition) is 2. The van der Waals surface area contributed by atoms with Crippen LogP contribution < -0.4 is 18.9 Å². The van der Waals surface area contributed by atoms with Gasteiger partial charge in [-0.3, -0.25) is 0 Å². The minimum absolute atomic E-state index is 0.110. The summed E-state index contributed by atoms with van der Waals surface area (Å²) in [6, 6.07) is 3.31. The van der Waals surface area contributed by atoms with Gasteiger partial charge in [-0.05, 0) is 32.8 Å². The average molecular weight is 344 g/mol. The fourth-order valence-corrected chi connectivity index (χ4v) is 3.65. The van der Waals surface area contributed by atoms with Gasteiger partial charge in [0.2, 0.25) is 6.79 Å². The summed E-state index contributed by atoms with van der Waals surface area (Å²) in [5.41, 5.74) is 2.99. The van der Waals surface area contributed by atoms with Gasteiger partial charge < -0.3 is 29.2 Å². The molecule has 2 N–H and O–H groups in total. The highest BCUT2D eigenvalue weighted by molar-refractivity contribution is 5.62. The lowest BCUT2D eigenvalue weighted by Crippen LogP contribution is -2.17. The van der Waals surface area contributed by atoms with Gasteiger partial charge in [0.25, 0.3) is 0 Å². The first-order valence-electron chi connectivity index (χ1n) is 8.19. The topological polar surface area (TPSA) is 77.4 Å². The number of fused-ring (bicyclic) bond motifs is 2. The lowest BCUT2D eigenvalue weighted by molar-refractivity contribution is 0.167. The molecule has 2 aliphatic heterocycles. The number of phenolic OH excluding ortho intramolecular Hbond substituents is 2. The molecule has 4 rings (SSSR count). The molecule has 0 spiro atoms. The van der Waals surface area contributed by atoms with E-state index < -0.39 is 0 Å². The zero-order valence-corrected chi connectivity index (χ0v) is 14.4. The van der Waals surface area contributed by atoms with Crippen LogP contribution in [0.3, 0.4) is 0 Å². The molecule has 2 aliphatic rings. The lowest BCUT2D eigenvalue weighted by atomic mass is 9.92. The molecule has 25 heavy (non-hydrogen) atoms. The molecule has 0 aliphatic carbocycles. The number of benzene rings is 2. The standard InChI is InChI=1S/C19H20O6/c1-9-17(21)11-4-5-14(25-19(11)10(2)18(9)22-3)12-6-15-16(7-13(12)20)24-8-23-15/h6-7,14,20-21H,4-5,8H2,1-3H3/t14-/m1/s1. The van der Waals surface area contributed by atoms with E-state index in [0.29, 0.717) is 47.0 Å². The molecule has 0 saturated heterocycles. The fourth-order valence-electron chi connectivity index (χ4n) is 3.65. The first-order chi connectivity index (χ1) is 12.0. The average Bonchev–Trinajstić information content (AvgIpc) is 3.06. The third kappa shape index (κ3) is 2.32. The summed E-state index contributed by atoms with van der Waals surface area (Å²) >= 11 is 0. The third-order valence-corrected chi connectivity index (χ3v) is 4.93. The zero-order valence-electron chi connectivity index (χ0n) is 14.4. The smallest absolute Gasteiger partial charge is 0.231 e. The summed E-state index contributed by atoms with van der Waals surface area (Å²) in [5.74, 6) is 2.69. The van der Waals surface area contributed by atoms with Gasteiger partial charge in [-0.2, -0.15) is 0 Å². The zero-order chi connectivity index (χ0) is 17.7. The van der Waals surface area contributed by atoms with Crippen LogP contribution in [0.15, 0.2) is 12.1 Å². The van der Waals surface area contributed by atoms with Crippen molar-refractivity contribution in [3.05, 3.63) is 34.4 Å². The number of phenols is 2. The Morgan fingerprint density at radius 2 is 1.80 bits per heavy atom. The largest absolute Gasteiger partial charge is 0.507 e. The second-order valence-electron chi connectivity index (χ2n) is 6.35. The summed E-state index contributed by atoms with van der Waals surface area (Å²) < 4.78 is 22.3. The Labute approximate surface area is 145 Å². The van der Waals surface area contributed by atoms with E-state index in [1.54, 1.807) is 19.2 Å². The van der Waals surface area contributed by atoms with E-state index in [1.165, 1.54) is 0 Å². The van der Waals surface area contributed by atoms with E-state index in [-0.39, 0.29) is 24.4 Å². The van der Waals surface area contributed by atoms with Crippen molar-refractivity contribution in [1.29, 1.82) is 0 Å². The summed E-state index contributed by atoms with van der Waals surface area (Å²) in [7, 11) is 1.57. The normalized spacial score (nSPS) is 17.8. The molecule has 2 aromatic rings. The van der Waals surface area contributed by atoms with Crippen molar-refractivity contribution in [2.45, 2.75) is 32.8 Å². The highest BCUT2D eigenvalue weighted by Gasteiger charge is 2.31. The summed E-state index contributed by atoms with van der Waals surface area (Å²) in [6.07, 6.45) is 0.942. The first kappa shape index (κ1) is 15.7. The SMILES string of the molecule is COc1c(C)c(O)c2c(c1C)O[C@@H](c1cc3c(cc1O)OCO3)CC2. The molecule has 6 heteroatoms. The molecular weight excluding hydrogens is 324 g/mol. The van der Waals surface area contributed by atoms with Gasteiger partial charge in [0.15, 0.2) is 11.5 Å². The summed E-state index contributed by atoms with van der Waals surface area (Å²) in [6.45, 7) is 3.89. The molecule has 0 aromatic heterocycles. The summed E-state index contributed by atoms with van der Waals surface area (Å²) in [5, 5.41) is 20.8. The van der Waals surface area contributed by atoms with E-state index in [4.69, 9.17) is 18.9 Å².